The molecule has 35 heavy (non-hydrogen) atoms. The molecule has 2 aromatic rings. The average molecular weight is 523 g/mol. The number of ketones is 1. The largest absolute Gasteiger partial charge is 0.508 e. The Morgan fingerprint density at radius 1 is 1.06 bits per heavy atom. The van der Waals surface area contributed by atoms with Crippen LogP contribution in [0.15, 0.2) is 35.9 Å². The van der Waals surface area contributed by atoms with Gasteiger partial charge in [-0.25, -0.2) is 0 Å². The summed E-state index contributed by atoms with van der Waals surface area (Å²) in [7, 11) is 2.74. The molecule has 8 nitrogen and oxygen atoms in total. The van der Waals surface area contributed by atoms with E-state index >= 15 is 0 Å². The van der Waals surface area contributed by atoms with E-state index in [2.05, 4.69) is 4.90 Å². The van der Waals surface area contributed by atoms with E-state index in [1.807, 2.05) is 13.8 Å². The Bertz CT molecular complexity index is 1150. The van der Waals surface area contributed by atoms with Gasteiger partial charge in [0.05, 0.1) is 36.4 Å². The number of likely N-dealkylation sites (tertiary alicyclic amines) is 1. The summed E-state index contributed by atoms with van der Waals surface area (Å²) < 4.78 is 10.6. The number of Topliss-reactive ketones (excluding diaryl/α,β-unsaturated/α-hetero) is 1. The average Bonchev–Trinajstić information content (AvgIpc) is 3.09. The number of phenolic OH excluding ortho intramolecular Hbond substituents is 1. The number of hydrogen-bond donors (Lipinski definition) is 2. The van der Waals surface area contributed by atoms with E-state index in [4.69, 9.17) is 32.7 Å². The van der Waals surface area contributed by atoms with Crippen molar-refractivity contribution < 1.29 is 29.3 Å². The molecule has 1 heterocycles. The molecular weight excluding hydrogens is 495 g/mol. The highest BCUT2D eigenvalue weighted by atomic mass is 35.5. The van der Waals surface area contributed by atoms with Crippen LogP contribution in [0.2, 0.25) is 10.0 Å². The summed E-state index contributed by atoms with van der Waals surface area (Å²) in [5, 5.41) is 21.3. The van der Waals surface area contributed by atoms with Crippen LogP contribution in [0.4, 0.5) is 0 Å². The lowest BCUT2D eigenvalue weighted by Crippen LogP contribution is -2.38. The number of phenols is 1. The van der Waals surface area contributed by atoms with Gasteiger partial charge in [0, 0.05) is 13.1 Å². The van der Waals surface area contributed by atoms with Crippen molar-refractivity contribution in [3.8, 4) is 17.2 Å². The van der Waals surface area contributed by atoms with Crippen molar-refractivity contribution >= 4 is 40.7 Å². The molecule has 1 amide bonds. The fraction of sp³-hybridized carbons (Fsp3) is 0.360. The molecule has 0 aliphatic carbocycles. The van der Waals surface area contributed by atoms with Gasteiger partial charge in [-0.2, -0.15) is 0 Å². The normalized spacial score (nSPS) is 17.3. The van der Waals surface area contributed by atoms with E-state index in [-0.39, 0.29) is 45.0 Å². The third-order valence-corrected chi connectivity index (χ3v) is 6.72. The Kier molecular flexibility index (Phi) is 8.53. The van der Waals surface area contributed by atoms with Gasteiger partial charge in [0.15, 0.2) is 11.5 Å². The Labute approximate surface area is 214 Å². The highest BCUT2D eigenvalue weighted by Crippen LogP contribution is 2.47. The zero-order chi connectivity index (χ0) is 25.9. The molecule has 0 spiro atoms. The number of carbonyl (C=O) groups excluding carboxylic acids is 2. The van der Waals surface area contributed by atoms with Gasteiger partial charge in [-0.15, -0.1) is 0 Å². The maximum absolute atomic E-state index is 13.3. The van der Waals surface area contributed by atoms with Crippen LogP contribution in [0.5, 0.6) is 17.2 Å². The third kappa shape index (κ3) is 5.05. The first-order valence-electron chi connectivity index (χ1n) is 11.1. The minimum Gasteiger partial charge on any atom is -0.508 e. The Morgan fingerprint density at radius 2 is 1.66 bits per heavy atom. The molecule has 1 aliphatic rings. The van der Waals surface area contributed by atoms with E-state index in [1.54, 1.807) is 12.1 Å². The van der Waals surface area contributed by atoms with Crippen LogP contribution in [-0.4, -0.2) is 72.1 Å². The number of likely N-dealkylation sites (N-methyl/N-ethyl adjacent to an activating group) is 1. The molecule has 0 aromatic heterocycles. The maximum Gasteiger partial charge on any atom is 0.295 e. The van der Waals surface area contributed by atoms with E-state index < -0.39 is 23.5 Å². The molecule has 188 valence electrons. The third-order valence-electron chi connectivity index (χ3n) is 6.10. The number of methoxy groups -OCH3 is 2. The number of benzene rings is 2. The second-order valence-corrected chi connectivity index (χ2v) is 8.68. The number of aliphatic hydroxyl groups excluding tert-OH is 1. The highest BCUT2D eigenvalue weighted by Gasteiger charge is 2.46. The number of halogens is 2. The Hall–Kier alpha value is -2.94. The Balaban J connectivity index is 2.22. The zero-order valence-electron chi connectivity index (χ0n) is 20.0. The van der Waals surface area contributed by atoms with Crippen LogP contribution in [0.25, 0.3) is 5.76 Å². The van der Waals surface area contributed by atoms with Gasteiger partial charge in [0.2, 0.25) is 0 Å². The molecule has 1 saturated heterocycles. The fourth-order valence-electron chi connectivity index (χ4n) is 4.19. The van der Waals surface area contributed by atoms with Crippen molar-refractivity contribution in [1.82, 2.24) is 9.80 Å². The lowest BCUT2D eigenvalue weighted by molar-refractivity contribution is -0.140. The number of aromatic hydroxyl groups is 1. The number of ether oxygens (including phenoxy) is 2. The van der Waals surface area contributed by atoms with Crippen molar-refractivity contribution in [3.63, 3.8) is 0 Å². The summed E-state index contributed by atoms with van der Waals surface area (Å²) in [5.74, 6) is -1.83. The number of carbonyl (C=O) groups is 2. The van der Waals surface area contributed by atoms with Crippen molar-refractivity contribution in [3.05, 3.63) is 57.1 Å². The molecule has 0 radical (unpaired) electrons. The van der Waals surface area contributed by atoms with E-state index in [0.29, 0.717) is 12.1 Å². The molecule has 0 saturated carbocycles. The predicted octanol–water partition coefficient (Wildman–Crippen LogP) is 4.48. The highest BCUT2D eigenvalue weighted by molar-refractivity contribution is 6.47. The minimum absolute atomic E-state index is 0.0148. The molecule has 10 heteroatoms. The first-order chi connectivity index (χ1) is 16.7. The van der Waals surface area contributed by atoms with Crippen molar-refractivity contribution in [2.45, 2.75) is 19.9 Å². The minimum atomic E-state index is -0.893. The summed E-state index contributed by atoms with van der Waals surface area (Å²) in [6.07, 6.45) is 0. The van der Waals surface area contributed by atoms with E-state index in [9.17, 15) is 19.8 Å². The number of rotatable bonds is 9. The second kappa shape index (κ2) is 11.2. The number of amides is 1. The molecule has 1 aliphatic heterocycles. The molecule has 2 N–H and O–H groups in total. The van der Waals surface area contributed by atoms with E-state index in [0.717, 1.165) is 13.1 Å². The topological polar surface area (TPSA) is 99.5 Å². The van der Waals surface area contributed by atoms with Gasteiger partial charge in [0.1, 0.15) is 16.5 Å². The molecule has 3 rings (SSSR count). The molecule has 0 bridgehead atoms. The smallest absolute Gasteiger partial charge is 0.295 e. The molecule has 1 atom stereocenters. The maximum atomic E-state index is 13.3. The lowest BCUT2D eigenvalue weighted by Gasteiger charge is -2.28. The number of hydrogen-bond acceptors (Lipinski definition) is 7. The van der Waals surface area contributed by atoms with Gasteiger partial charge in [-0.05, 0) is 36.9 Å². The van der Waals surface area contributed by atoms with Gasteiger partial charge in [0.25, 0.3) is 11.7 Å². The SMILES string of the molecule is CCN(CC)CCN1C(=O)C(=O)/C(=C(/O)c2cc(Cl)c(OC)c(Cl)c2OC)C1c1ccc(O)cc1. The van der Waals surface area contributed by atoms with Gasteiger partial charge < -0.3 is 29.5 Å². The van der Waals surface area contributed by atoms with Crippen molar-refractivity contribution in [1.29, 1.82) is 0 Å². The molecular formula is C25H28Cl2N2O6. The first kappa shape index (κ1) is 26.7. The lowest BCUT2D eigenvalue weighted by atomic mass is 9.95. The van der Waals surface area contributed by atoms with Gasteiger partial charge in [-0.1, -0.05) is 49.2 Å². The van der Waals surface area contributed by atoms with E-state index in [1.165, 1.54) is 37.3 Å². The predicted molar refractivity (Wildman–Crippen MR) is 134 cm³/mol. The van der Waals surface area contributed by atoms with Crippen molar-refractivity contribution in [2.75, 3.05) is 40.4 Å². The molecule has 2 aromatic carbocycles. The van der Waals surface area contributed by atoms with Gasteiger partial charge in [-0.3, -0.25) is 9.59 Å². The van der Waals surface area contributed by atoms with Crippen LogP contribution in [0.3, 0.4) is 0 Å². The summed E-state index contributed by atoms with van der Waals surface area (Å²) in [5.41, 5.74) is 0.470. The number of aliphatic hydroxyl groups is 1. The first-order valence-corrected chi connectivity index (χ1v) is 11.9. The quantitative estimate of drug-likeness (QED) is 0.284. The van der Waals surface area contributed by atoms with Crippen molar-refractivity contribution in [2.24, 2.45) is 0 Å². The fourth-order valence-corrected chi connectivity index (χ4v) is 4.88. The summed E-state index contributed by atoms with van der Waals surface area (Å²) >= 11 is 12.7. The summed E-state index contributed by atoms with van der Waals surface area (Å²) in [6, 6.07) is 6.61. The van der Waals surface area contributed by atoms with Crippen LogP contribution in [0, 0.1) is 0 Å². The van der Waals surface area contributed by atoms with Gasteiger partial charge >= 0.3 is 0 Å². The monoisotopic (exact) mass is 522 g/mol. The zero-order valence-corrected chi connectivity index (χ0v) is 21.5. The molecule has 1 fully saturated rings. The summed E-state index contributed by atoms with van der Waals surface area (Å²) in [4.78, 5) is 29.9. The second-order valence-electron chi connectivity index (χ2n) is 7.90. The number of nitrogens with zero attached hydrogens (tertiary/aromatic N) is 2. The van der Waals surface area contributed by atoms with Crippen LogP contribution >= 0.6 is 23.2 Å². The standard InChI is InChI=1S/C25H28Cl2N2O6/c1-5-28(6-2)11-12-29-20(14-7-9-15(30)10-8-14)18(22(32)25(29)33)21(31)16-13-17(26)24(35-4)19(27)23(16)34-3/h7-10,13,20,30-31H,5-6,11-12H2,1-4H3/b21-18+. The Morgan fingerprint density at radius 3 is 2.20 bits per heavy atom. The molecule has 1 unspecified atom stereocenters. The van der Waals surface area contributed by atoms with Crippen LogP contribution < -0.4 is 9.47 Å². The summed E-state index contributed by atoms with van der Waals surface area (Å²) in [6.45, 7) is 6.39. The van der Waals surface area contributed by atoms with Crippen LogP contribution in [0.1, 0.15) is 31.0 Å². The van der Waals surface area contributed by atoms with Crippen LogP contribution in [-0.2, 0) is 9.59 Å².